The van der Waals surface area contributed by atoms with Gasteiger partial charge in [-0.1, -0.05) is 0 Å². The molecule has 0 aliphatic heterocycles. The Hall–Kier alpha value is -2.02. The Morgan fingerprint density at radius 2 is 2.22 bits per heavy atom. The summed E-state index contributed by atoms with van der Waals surface area (Å²) < 4.78 is 4.90. The van der Waals surface area contributed by atoms with Crippen LogP contribution >= 0.6 is 12.2 Å². The normalized spacial score (nSPS) is 10.3. The number of phenolic OH excluding ortho intramolecular Hbond substituents is 2. The smallest absolute Gasteiger partial charge is 0.200 e. The molecule has 0 aliphatic rings. The molecule has 1 aromatic rings. The maximum Gasteiger partial charge on any atom is 0.200 e. The van der Waals surface area contributed by atoms with Crippen LogP contribution in [-0.4, -0.2) is 35.2 Å². The first kappa shape index (κ1) is 14.0. The summed E-state index contributed by atoms with van der Waals surface area (Å²) in [5.74, 6) is -0.401. The molecule has 1 rings (SSSR count). The highest BCUT2D eigenvalue weighted by molar-refractivity contribution is 7.80. The van der Waals surface area contributed by atoms with E-state index in [2.05, 4.69) is 15.8 Å². The highest BCUT2D eigenvalue weighted by Gasteiger charge is 2.08. The summed E-state index contributed by atoms with van der Waals surface area (Å²) in [6.45, 7) is 2.62. The lowest BCUT2D eigenvalue weighted by molar-refractivity contribution is 0.351. The summed E-state index contributed by atoms with van der Waals surface area (Å²) >= 11 is 4.91. The molecule has 0 heterocycles. The van der Waals surface area contributed by atoms with Crippen LogP contribution in [0.5, 0.6) is 17.2 Å². The largest absolute Gasteiger partial charge is 0.504 e. The van der Waals surface area contributed by atoms with Gasteiger partial charge in [-0.2, -0.15) is 5.10 Å². The van der Waals surface area contributed by atoms with E-state index in [4.69, 9.17) is 17.0 Å². The third-order valence-corrected chi connectivity index (χ3v) is 2.25. The van der Waals surface area contributed by atoms with Crippen molar-refractivity contribution in [3.8, 4) is 17.2 Å². The third-order valence-electron chi connectivity index (χ3n) is 2.01. The van der Waals surface area contributed by atoms with Crippen LogP contribution in [0.15, 0.2) is 17.2 Å². The van der Waals surface area contributed by atoms with Gasteiger partial charge in [-0.15, -0.1) is 0 Å². The number of aromatic hydroxyl groups is 2. The third kappa shape index (κ3) is 3.77. The molecule has 0 fully saturated rings. The van der Waals surface area contributed by atoms with Crippen molar-refractivity contribution in [2.75, 3.05) is 13.7 Å². The minimum atomic E-state index is -0.300. The molecule has 0 atom stereocenters. The number of phenols is 2. The van der Waals surface area contributed by atoms with Crippen LogP contribution < -0.4 is 15.5 Å². The van der Waals surface area contributed by atoms with Crippen molar-refractivity contribution in [1.29, 1.82) is 0 Å². The number of benzene rings is 1. The maximum atomic E-state index is 9.45. The number of hydrazone groups is 1. The molecule has 0 aromatic heterocycles. The predicted molar refractivity (Wildman–Crippen MR) is 73.3 cm³/mol. The average Bonchev–Trinajstić information content (AvgIpc) is 2.33. The highest BCUT2D eigenvalue weighted by Crippen LogP contribution is 2.35. The number of hydrogen-bond donors (Lipinski definition) is 4. The van der Waals surface area contributed by atoms with Crippen LogP contribution in [0.2, 0.25) is 0 Å². The first-order valence-corrected chi connectivity index (χ1v) is 5.66. The molecular weight excluding hydrogens is 254 g/mol. The van der Waals surface area contributed by atoms with Crippen molar-refractivity contribution in [3.05, 3.63) is 17.7 Å². The molecule has 1 aromatic carbocycles. The van der Waals surface area contributed by atoms with Gasteiger partial charge in [-0.05, 0) is 31.3 Å². The summed E-state index contributed by atoms with van der Waals surface area (Å²) in [5.41, 5.74) is 3.17. The number of nitrogens with zero attached hydrogens (tertiary/aromatic N) is 1. The van der Waals surface area contributed by atoms with Crippen molar-refractivity contribution < 1.29 is 14.9 Å². The Bertz CT molecular complexity index is 463. The Morgan fingerprint density at radius 3 is 2.83 bits per heavy atom. The van der Waals surface area contributed by atoms with E-state index < -0.39 is 0 Å². The van der Waals surface area contributed by atoms with Gasteiger partial charge in [-0.3, -0.25) is 5.43 Å². The molecule has 0 saturated heterocycles. The SMILES string of the molecule is CCNC(=S)N/N=C/c1cc(O)c(O)c(OC)c1. The fraction of sp³-hybridized carbons (Fsp3) is 0.273. The number of nitrogens with one attached hydrogen (secondary N) is 2. The topological polar surface area (TPSA) is 86.1 Å². The molecule has 4 N–H and O–H groups in total. The second kappa shape index (κ2) is 6.65. The van der Waals surface area contributed by atoms with E-state index >= 15 is 0 Å². The molecule has 0 aliphatic carbocycles. The van der Waals surface area contributed by atoms with Gasteiger partial charge in [0.1, 0.15) is 0 Å². The Balaban J connectivity index is 2.76. The van der Waals surface area contributed by atoms with E-state index in [-0.39, 0.29) is 17.2 Å². The molecule has 0 saturated carbocycles. The van der Waals surface area contributed by atoms with E-state index in [0.717, 1.165) is 0 Å². The molecule has 0 bridgehead atoms. The lowest BCUT2D eigenvalue weighted by Gasteiger charge is -2.06. The van der Waals surface area contributed by atoms with Crippen LogP contribution in [0.3, 0.4) is 0 Å². The predicted octanol–water partition coefficient (Wildman–Crippen LogP) is 0.924. The van der Waals surface area contributed by atoms with Gasteiger partial charge in [0.05, 0.1) is 13.3 Å². The number of thiocarbonyl (C=S) groups is 1. The minimum absolute atomic E-state index is 0.172. The molecule has 0 radical (unpaired) electrons. The first-order chi connectivity index (χ1) is 8.58. The highest BCUT2D eigenvalue weighted by atomic mass is 32.1. The van der Waals surface area contributed by atoms with Crippen molar-refractivity contribution in [1.82, 2.24) is 10.7 Å². The van der Waals surface area contributed by atoms with Crippen molar-refractivity contribution >= 4 is 23.5 Å². The van der Waals surface area contributed by atoms with Gasteiger partial charge in [0, 0.05) is 12.1 Å². The molecule has 0 spiro atoms. The van der Waals surface area contributed by atoms with Crippen LogP contribution in [0, 0.1) is 0 Å². The standard InChI is InChI=1S/C11H15N3O3S/c1-3-12-11(18)14-13-6-7-4-8(15)10(16)9(5-7)17-2/h4-6,15-16H,3H2,1-2H3,(H2,12,14,18)/b13-6+. The summed E-state index contributed by atoms with van der Waals surface area (Å²) in [6.07, 6.45) is 1.45. The summed E-state index contributed by atoms with van der Waals surface area (Å²) in [4.78, 5) is 0. The lowest BCUT2D eigenvalue weighted by atomic mass is 10.2. The summed E-state index contributed by atoms with van der Waals surface area (Å²) in [5, 5.41) is 26.0. The molecule has 6 nitrogen and oxygen atoms in total. The van der Waals surface area contributed by atoms with Gasteiger partial charge >= 0.3 is 0 Å². The first-order valence-electron chi connectivity index (χ1n) is 5.25. The molecular formula is C11H15N3O3S. The van der Waals surface area contributed by atoms with Crippen LogP contribution in [0.4, 0.5) is 0 Å². The average molecular weight is 269 g/mol. The minimum Gasteiger partial charge on any atom is -0.504 e. The monoisotopic (exact) mass is 269 g/mol. The zero-order valence-electron chi connectivity index (χ0n) is 10.1. The van der Waals surface area contributed by atoms with Crippen LogP contribution in [0.1, 0.15) is 12.5 Å². The maximum absolute atomic E-state index is 9.45. The quantitative estimate of drug-likeness (QED) is 0.281. The van der Waals surface area contributed by atoms with Gasteiger partial charge in [0.25, 0.3) is 0 Å². The number of hydrogen-bond acceptors (Lipinski definition) is 5. The van der Waals surface area contributed by atoms with Crippen LogP contribution in [0.25, 0.3) is 0 Å². The van der Waals surface area contributed by atoms with E-state index in [1.807, 2.05) is 6.92 Å². The van der Waals surface area contributed by atoms with E-state index in [1.54, 1.807) is 0 Å². The Labute approximate surface area is 110 Å². The summed E-state index contributed by atoms with van der Waals surface area (Å²) in [7, 11) is 1.40. The zero-order chi connectivity index (χ0) is 13.5. The van der Waals surface area contributed by atoms with E-state index in [1.165, 1.54) is 25.5 Å². The van der Waals surface area contributed by atoms with Gasteiger partial charge in [0.2, 0.25) is 5.75 Å². The molecule has 18 heavy (non-hydrogen) atoms. The fourth-order valence-electron chi connectivity index (χ4n) is 1.21. The van der Waals surface area contributed by atoms with E-state index in [9.17, 15) is 10.2 Å². The van der Waals surface area contributed by atoms with Crippen LogP contribution in [-0.2, 0) is 0 Å². The second-order valence-electron chi connectivity index (χ2n) is 3.32. The number of rotatable bonds is 4. The fourth-order valence-corrected chi connectivity index (χ4v) is 1.41. The van der Waals surface area contributed by atoms with E-state index in [0.29, 0.717) is 17.2 Å². The number of methoxy groups -OCH3 is 1. The zero-order valence-corrected chi connectivity index (χ0v) is 10.9. The summed E-state index contributed by atoms with van der Waals surface area (Å²) in [6, 6.07) is 2.90. The van der Waals surface area contributed by atoms with Crippen molar-refractivity contribution in [2.24, 2.45) is 5.10 Å². The molecule has 98 valence electrons. The lowest BCUT2D eigenvalue weighted by Crippen LogP contribution is -2.31. The van der Waals surface area contributed by atoms with Crippen molar-refractivity contribution in [3.63, 3.8) is 0 Å². The number of ether oxygens (including phenoxy) is 1. The van der Waals surface area contributed by atoms with Gasteiger partial charge < -0.3 is 20.3 Å². The molecule has 7 heteroatoms. The van der Waals surface area contributed by atoms with Crippen molar-refractivity contribution in [2.45, 2.75) is 6.92 Å². The van der Waals surface area contributed by atoms with Gasteiger partial charge in [-0.25, -0.2) is 0 Å². The second-order valence-corrected chi connectivity index (χ2v) is 3.73. The Kier molecular flexibility index (Phi) is 5.19. The Morgan fingerprint density at radius 1 is 1.50 bits per heavy atom. The molecule has 0 unspecified atom stereocenters. The van der Waals surface area contributed by atoms with Gasteiger partial charge in [0.15, 0.2) is 16.6 Å². The molecule has 0 amide bonds.